The van der Waals surface area contributed by atoms with Gasteiger partial charge in [0.25, 0.3) is 0 Å². The molecular weight excluding hydrogens is 262 g/mol. The van der Waals surface area contributed by atoms with Gasteiger partial charge in [-0.05, 0) is 25.5 Å². The van der Waals surface area contributed by atoms with Crippen molar-refractivity contribution in [2.24, 2.45) is 5.41 Å². The summed E-state index contributed by atoms with van der Waals surface area (Å²) in [5, 5.41) is 10.3. The molecule has 0 aliphatic carbocycles. The largest absolute Gasteiger partial charge is 0.481 e. The van der Waals surface area contributed by atoms with E-state index in [0.717, 1.165) is 23.9 Å². The Balaban J connectivity index is 2.09. The van der Waals surface area contributed by atoms with Crippen LogP contribution < -0.4 is 4.90 Å². The second kappa shape index (κ2) is 5.77. The maximum atomic E-state index is 11.4. The van der Waals surface area contributed by atoms with Gasteiger partial charge in [0.05, 0.1) is 5.41 Å². The zero-order valence-corrected chi connectivity index (χ0v) is 12.1. The van der Waals surface area contributed by atoms with Crippen LogP contribution in [0.5, 0.6) is 0 Å². The standard InChI is InChI=1S/C13H19N3O2S/c1-3-13(12(17)18)4-6-16(7-5-13)10-8-11(19-2)15-9-14-10/h8-9H,3-7H2,1-2H3,(H,17,18). The lowest BCUT2D eigenvalue weighted by Crippen LogP contribution is -2.44. The maximum Gasteiger partial charge on any atom is 0.309 e. The number of thioether (sulfide) groups is 1. The van der Waals surface area contributed by atoms with Gasteiger partial charge >= 0.3 is 5.97 Å². The number of hydrogen-bond acceptors (Lipinski definition) is 5. The molecule has 0 saturated carbocycles. The van der Waals surface area contributed by atoms with Crippen LogP contribution in [0.15, 0.2) is 17.4 Å². The highest BCUT2D eigenvalue weighted by Crippen LogP contribution is 2.36. The van der Waals surface area contributed by atoms with Crippen LogP contribution in [0.3, 0.4) is 0 Å². The van der Waals surface area contributed by atoms with E-state index in [0.29, 0.717) is 19.3 Å². The van der Waals surface area contributed by atoms with Crippen LogP contribution in [0, 0.1) is 5.41 Å². The Morgan fingerprint density at radius 3 is 2.68 bits per heavy atom. The molecule has 1 aliphatic rings. The molecule has 0 bridgehead atoms. The number of aliphatic carboxylic acids is 1. The summed E-state index contributed by atoms with van der Waals surface area (Å²) >= 11 is 1.58. The summed E-state index contributed by atoms with van der Waals surface area (Å²) in [6, 6.07) is 1.96. The molecule has 1 aliphatic heterocycles. The summed E-state index contributed by atoms with van der Waals surface area (Å²) < 4.78 is 0. The molecule has 2 heterocycles. The van der Waals surface area contributed by atoms with E-state index in [1.54, 1.807) is 18.1 Å². The first-order valence-electron chi connectivity index (χ1n) is 6.45. The third kappa shape index (κ3) is 2.83. The molecule has 1 N–H and O–H groups in total. The second-order valence-corrected chi connectivity index (χ2v) is 5.67. The summed E-state index contributed by atoms with van der Waals surface area (Å²) in [5.74, 6) is 0.233. The number of carbonyl (C=O) groups is 1. The average Bonchev–Trinajstić information content (AvgIpc) is 2.47. The zero-order chi connectivity index (χ0) is 13.9. The number of anilines is 1. The summed E-state index contributed by atoms with van der Waals surface area (Å²) in [7, 11) is 0. The first kappa shape index (κ1) is 14.1. The number of nitrogens with zero attached hydrogens (tertiary/aromatic N) is 3. The number of hydrogen-bond donors (Lipinski definition) is 1. The smallest absolute Gasteiger partial charge is 0.309 e. The third-order valence-electron chi connectivity index (χ3n) is 4.01. The van der Waals surface area contributed by atoms with Crippen molar-refractivity contribution in [3.05, 3.63) is 12.4 Å². The zero-order valence-electron chi connectivity index (χ0n) is 11.3. The predicted octanol–water partition coefficient (Wildman–Crippen LogP) is 2.28. The minimum atomic E-state index is -0.665. The molecule has 19 heavy (non-hydrogen) atoms. The number of aromatic nitrogens is 2. The van der Waals surface area contributed by atoms with Gasteiger partial charge in [0.2, 0.25) is 0 Å². The van der Waals surface area contributed by atoms with Crippen molar-refractivity contribution in [2.45, 2.75) is 31.2 Å². The van der Waals surface area contributed by atoms with E-state index in [9.17, 15) is 9.90 Å². The maximum absolute atomic E-state index is 11.4. The van der Waals surface area contributed by atoms with E-state index in [1.165, 1.54) is 0 Å². The molecule has 5 nitrogen and oxygen atoms in total. The molecule has 0 unspecified atom stereocenters. The molecule has 6 heteroatoms. The molecular formula is C13H19N3O2S. The van der Waals surface area contributed by atoms with Crippen molar-refractivity contribution >= 4 is 23.5 Å². The number of piperidine rings is 1. The summed E-state index contributed by atoms with van der Waals surface area (Å²) in [4.78, 5) is 22.0. The van der Waals surface area contributed by atoms with Crippen molar-refractivity contribution < 1.29 is 9.90 Å². The van der Waals surface area contributed by atoms with Gasteiger partial charge in [-0.25, -0.2) is 9.97 Å². The summed E-state index contributed by atoms with van der Waals surface area (Å²) in [6.45, 7) is 3.44. The van der Waals surface area contributed by atoms with Crippen LogP contribution >= 0.6 is 11.8 Å². The normalized spacial score (nSPS) is 18.3. The van der Waals surface area contributed by atoms with Crippen LogP contribution in [0.4, 0.5) is 5.82 Å². The van der Waals surface area contributed by atoms with Crippen LogP contribution in [-0.4, -0.2) is 40.4 Å². The van der Waals surface area contributed by atoms with Crippen molar-refractivity contribution in [3.63, 3.8) is 0 Å². The number of carboxylic acids is 1. The molecule has 0 amide bonds. The lowest BCUT2D eigenvalue weighted by molar-refractivity contribution is -0.150. The Kier molecular flexibility index (Phi) is 4.29. The molecule has 0 atom stereocenters. The van der Waals surface area contributed by atoms with Gasteiger partial charge in [-0.15, -0.1) is 11.8 Å². The van der Waals surface area contributed by atoms with Gasteiger partial charge in [0.1, 0.15) is 17.2 Å². The highest BCUT2D eigenvalue weighted by molar-refractivity contribution is 7.98. The van der Waals surface area contributed by atoms with Gasteiger partial charge in [-0.2, -0.15) is 0 Å². The fraction of sp³-hybridized carbons (Fsp3) is 0.615. The SMILES string of the molecule is CCC1(C(=O)O)CCN(c2cc(SC)ncn2)CC1. The van der Waals surface area contributed by atoms with Gasteiger partial charge < -0.3 is 10.0 Å². The Morgan fingerprint density at radius 1 is 1.47 bits per heavy atom. The average molecular weight is 281 g/mol. The third-order valence-corrected chi connectivity index (χ3v) is 4.65. The highest BCUT2D eigenvalue weighted by Gasteiger charge is 2.40. The van der Waals surface area contributed by atoms with Gasteiger partial charge in [0, 0.05) is 19.2 Å². The first-order valence-corrected chi connectivity index (χ1v) is 7.68. The molecule has 1 aromatic heterocycles. The summed E-state index contributed by atoms with van der Waals surface area (Å²) in [6.07, 6.45) is 5.60. The Labute approximate surface area is 117 Å². The topological polar surface area (TPSA) is 66.3 Å². The molecule has 2 rings (SSSR count). The molecule has 1 saturated heterocycles. The quantitative estimate of drug-likeness (QED) is 0.674. The van der Waals surface area contributed by atoms with Crippen molar-refractivity contribution in [1.82, 2.24) is 9.97 Å². The lowest BCUT2D eigenvalue weighted by atomic mass is 9.76. The molecule has 1 fully saturated rings. The van der Waals surface area contributed by atoms with Crippen LogP contribution in [0.1, 0.15) is 26.2 Å². The van der Waals surface area contributed by atoms with Gasteiger partial charge in [-0.3, -0.25) is 4.79 Å². The van der Waals surface area contributed by atoms with E-state index in [2.05, 4.69) is 14.9 Å². The Bertz CT molecular complexity index is 459. The van der Waals surface area contributed by atoms with Gasteiger partial charge in [-0.1, -0.05) is 6.92 Å². The summed E-state index contributed by atoms with van der Waals surface area (Å²) in [5.41, 5.74) is -0.550. The van der Waals surface area contributed by atoms with E-state index in [-0.39, 0.29) is 0 Å². The lowest BCUT2D eigenvalue weighted by Gasteiger charge is -2.38. The molecule has 0 spiro atoms. The van der Waals surface area contributed by atoms with Crippen molar-refractivity contribution in [1.29, 1.82) is 0 Å². The minimum Gasteiger partial charge on any atom is -0.481 e. The number of rotatable bonds is 4. The van der Waals surface area contributed by atoms with E-state index in [4.69, 9.17) is 0 Å². The van der Waals surface area contributed by atoms with Crippen LogP contribution in [0.25, 0.3) is 0 Å². The molecule has 0 radical (unpaired) electrons. The Hall–Kier alpha value is -1.30. The van der Waals surface area contributed by atoms with Crippen molar-refractivity contribution in [2.75, 3.05) is 24.2 Å². The van der Waals surface area contributed by atoms with Crippen molar-refractivity contribution in [3.8, 4) is 0 Å². The Morgan fingerprint density at radius 2 is 2.16 bits per heavy atom. The van der Waals surface area contributed by atoms with Crippen LogP contribution in [0.2, 0.25) is 0 Å². The second-order valence-electron chi connectivity index (χ2n) is 4.84. The van der Waals surface area contributed by atoms with Gasteiger partial charge in [0.15, 0.2) is 0 Å². The fourth-order valence-electron chi connectivity index (χ4n) is 2.50. The molecule has 0 aromatic carbocycles. The molecule has 104 valence electrons. The van der Waals surface area contributed by atoms with E-state index >= 15 is 0 Å². The van der Waals surface area contributed by atoms with E-state index in [1.807, 2.05) is 19.2 Å². The predicted molar refractivity (Wildman–Crippen MR) is 75.6 cm³/mol. The minimum absolute atomic E-state index is 0.550. The monoisotopic (exact) mass is 281 g/mol. The highest BCUT2D eigenvalue weighted by atomic mass is 32.2. The number of carboxylic acid groups (broad SMARTS) is 1. The first-order chi connectivity index (χ1) is 9.11. The van der Waals surface area contributed by atoms with E-state index < -0.39 is 11.4 Å². The molecule has 1 aromatic rings. The van der Waals surface area contributed by atoms with Crippen LogP contribution in [-0.2, 0) is 4.79 Å². The fourth-order valence-corrected chi connectivity index (χ4v) is 2.87.